The maximum atomic E-state index is 13.6. The van der Waals surface area contributed by atoms with E-state index in [1.54, 1.807) is 26.0 Å². The minimum atomic E-state index is -4.80. The highest BCUT2D eigenvalue weighted by Crippen LogP contribution is 2.34. The largest absolute Gasteiger partial charge is 0.573 e. The highest BCUT2D eigenvalue weighted by atomic mass is 19.4. The number of methoxy groups -OCH3 is 1. The molecule has 0 spiro atoms. The molecule has 1 N–H and O–H groups in total. The van der Waals surface area contributed by atoms with Gasteiger partial charge in [0.25, 0.3) is 5.91 Å². The molecule has 270 valence electrons. The van der Waals surface area contributed by atoms with E-state index >= 15 is 0 Å². The van der Waals surface area contributed by atoms with Crippen molar-refractivity contribution in [2.75, 3.05) is 27.1 Å². The molecule has 0 bridgehead atoms. The molecule has 11 nitrogen and oxygen atoms in total. The van der Waals surface area contributed by atoms with Gasteiger partial charge in [-0.1, -0.05) is 48.9 Å². The normalized spacial score (nSPS) is 19.6. The van der Waals surface area contributed by atoms with Gasteiger partial charge in [0.2, 0.25) is 6.79 Å². The van der Waals surface area contributed by atoms with E-state index in [0.29, 0.717) is 32.3 Å². The number of rotatable bonds is 14. The number of carbonyl (C=O) groups is 3. The van der Waals surface area contributed by atoms with Crippen LogP contribution in [0.15, 0.2) is 66.9 Å². The summed E-state index contributed by atoms with van der Waals surface area (Å²) in [5.41, 5.74) is 1.66. The summed E-state index contributed by atoms with van der Waals surface area (Å²) in [6.07, 6.45) is -1.45. The third kappa shape index (κ3) is 11.4. The first kappa shape index (κ1) is 38.0. The van der Waals surface area contributed by atoms with Crippen LogP contribution >= 0.6 is 0 Å². The second-order valence-corrected chi connectivity index (χ2v) is 11.7. The second kappa shape index (κ2) is 18.2. The fourth-order valence-electron chi connectivity index (χ4n) is 5.89. The Hall–Kier alpha value is -4.85. The Morgan fingerprint density at radius 1 is 1.00 bits per heavy atom. The summed E-state index contributed by atoms with van der Waals surface area (Å²) in [4.78, 5) is 43.1. The van der Waals surface area contributed by atoms with Gasteiger partial charge < -0.3 is 33.7 Å². The lowest BCUT2D eigenvalue weighted by molar-refractivity contribution is -0.274. The van der Waals surface area contributed by atoms with Crippen LogP contribution in [0.4, 0.5) is 13.2 Å². The molecule has 0 radical (unpaired) electrons. The van der Waals surface area contributed by atoms with Crippen molar-refractivity contribution >= 4 is 17.8 Å². The number of halogens is 3. The monoisotopic (exact) mass is 702 g/mol. The van der Waals surface area contributed by atoms with Crippen molar-refractivity contribution in [3.63, 3.8) is 0 Å². The minimum absolute atomic E-state index is 0.0336. The maximum Gasteiger partial charge on any atom is 0.573 e. The van der Waals surface area contributed by atoms with Crippen molar-refractivity contribution in [2.24, 2.45) is 11.8 Å². The van der Waals surface area contributed by atoms with Gasteiger partial charge in [-0.05, 0) is 68.7 Å². The molecule has 1 aliphatic heterocycles. The molecule has 4 unspecified atom stereocenters. The molecule has 1 amide bonds. The van der Waals surface area contributed by atoms with Gasteiger partial charge in [0.05, 0.1) is 7.11 Å². The van der Waals surface area contributed by atoms with E-state index in [9.17, 15) is 27.6 Å². The Balaban J connectivity index is 1.51. The predicted molar refractivity (Wildman–Crippen MR) is 173 cm³/mol. The standard InChI is InChI=1S/C36H41F3N2O9/c1-4-46-21-31(42)47-22-48-33-30(45-3)17-18-40-32(33)34(43)41-29-12-8-11-26(19-24-9-6-5-7-10-24)28(23(2)49-35(29)44)20-25-13-15-27(16-14-25)50-36(37,38)39/h5-7,9-10,13-18,23,26,28-29H,4,8,11-12,19-22H2,1-3H3,(H,41,43). The molecule has 4 atom stereocenters. The van der Waals surface area contributed by atoms with Crippen LogP contribution in [0.25, 0.3) is 0 Å². The van der Waals surface area contributed by atoms with Crippen LogP contribution < -0.4 is 19.5 Å². The quantitative estimate of drug-likeness (QED) is 0.162. The van der Waals surface area contributed by atoms with E-state index in [1.807, 2.05) is 30.3 Å². The molecule has 0 aliphatic carbocycles. The lowest BCUT2D eigenvalue weighted by Gasteiger charge is -2.31. The summed E-state index contributed by atoms with van der Waals surface area (Å²) < 4.78 is 69.1. The number of alkyl halides is 3. The van der Waals surface area contributed by atoms with Crippen LogP contribution in [-0.4, -0.2) is 68.5 Å². The van der Waals surface area contributed by atoms with Crippen LogP contribution in [0.2, 0.25) is 0 Å². The Morgan fingerprint density at radius 2 is 1.72 bits per heavy atom. The van der Waals surface area contributed by atoms with E-state index < -0.39 is 43.1 Å². The van der Waals surface area contributed by atoms with Crippen molar-refractivity contribution in [3.05, 3.63) is 83.7 Å². The molecule has 1 aromatic heterocycles. The van der Waals surface area contributed by atoms with E-state index in [2.05, 4.69) is 15.0 Å². The number of esters is 2. The van der Waals surface area contributed by atoms with Crippen molar-refractivity contribution in [3.8, 4) is 17.2 Å². The smallest absolute Gasteiger partial charge is 0.493 e. The number of carbonyl (C=O) groups excluding carboxylic acids is 3. The van der Waals surface area contributed by atoms with Gasteiger partial charge in [-0.2, -0.15) is 0 Å². The lowest BCUT2D eigenvalue weighted by atomic mass is 9.77. The number of amides is 1. The van der Waals surface area contributed by atoms with Crippen LogP contribution in [0.3, 0.4) is 0 Å². The highest BCUT2D eigenvalue weighted by molar-refractivity contribution is 5.98. The number of hydrogen-bond acceptors (Lipinski definition) is 10. The van der Waals surface area contributed by atoms with Crippen molar-refractivity contribution in [1.29, 1.82) is 0 Å². The summed E-state index contributed by atoms with van der Waals surface area (Å²) in [5.74, 6) is -2.46. The third-order valence-electron chi connectivity index (χ3n) is 8.29. The Bertz CT molecular complexity index is 1550. The lowest BCUT2D eigenvalue weighted by Crippen LogP contribution is -2.43. The number of ether oxygens (including phenoxy) is 6. The van der Waals surface area contributed by atoms with Crippen molar-refractivity contribution in [1.82, 2.24) is 10.3 Å². The number of nitrogens with zero attached hydrogens (tertiary/aromatic N) is 1. The number of pyridine rings is 1. The topological polar surface area (TPSA) is 132 Å². The SMILES string of the molecule is CCOCC(=O)OCOc1c(OC)ccnc1C(=O)NC1CCCC(Cc2ccccc2)C(Cc2ccc(OC(F)(F)F)cc2)C(C)OC1=O. The van der Waals surface area contributed by atoms with Gasteiger partial charge in [-0.3, -0.25) is 4.79 Å². The predicted octanol–water partition coefficient (Wildman–Crippen LogP) is 5.84. The zero-order valence-electron chi connectivity index (χ0n) is 28.1. The first-order chi connectivity index (χ1) is 24.0. The summed E-state index contributed by atoms with van der Waals surface area (Å²) in [6, 6.07) is 16.0. The molecule has 2 heterocycles. The zero-order valence-corrected chi connectivity index (χ0v) is 28.1. The fraction of sp³-hybridized carbons (Fsp3) is 0.444. The molecule has 2 aromatic carbocycles. The number of benzene rings is 2. The van der Waals surface area contributed by atoms with Crippen molar-refractivity contribution in [2.45, 2.75) is 64.5 Å². The summed E-state index contributed by atoms with van der Waals surface area (Å²) in [5, 5.41) is 2.73. The van der Waals surface area contributed by atoms with Gasteiger partial charge in [-0.15, -0.1) is 13.2 Å². The summed E-state index contributed by atoms with van der Waals surface area (Å²) in [7, 11) is 1.37. The average Bonchev–Trinajstić information content (AvgIpc) is 3.13. The van der Waals surface area contributed by atoms with Crippen LogP contribution in [0.1, 0.15) is 54.7 Å². The van der Waals surface area contributed by atoms with Crippen LogP contribution in [0, 0.1) is 11.8 Å². The van der Waals surface area contributed by atoms with Gasteiger partial charge >= 0.3 is 18.3 Å². The number of hydrogen-bond donors (Lipinski definition) is 1. The van der Waals surface area contributed by atoms with Crippen LogP contribution in [0.5, 0.6) is 17.2 Å². The van der Waals surface area contributed by atoms with E-state index in [1.165, 1.54) is 31.5 Å². The van der Waals surface area contributed by atoms with Gasteiger partial charge in [0.1, 0.15) is 24.5 Å². The molecule has 1 fully saturated rings. The van der Waals surface area contributed by atoms with E-state index in [4.69, 9.17) is 23.7 Å². The number of cyclic esters (lactones) is 1. The fourth-order valence-corrected chi connectivity index (χ4v) is 5.89. The average molecular weight is 703 g/mol. The Labute approximate surface area is 288 Å². The first-order valence-corrected chi connectivity index (χ1v) is 16.3. The third-order valence-corrected chi connectivity index (χ3v) is 8.29. The molecule has 3 aromatic rings. The molecule has 50 heavy (non-hydrogen) atoms. The molecule has 0 saturated carbocycles. The van der Waals surface area contributed by atoms with Crippen LogP contribution in [-0.2, 0) is 36.6 Å². The van der Waals surface area contributed by atoms with Gasteiger partial charge in [0, 0.05) is 24.8 Å². The Morgan fingerprint density at radius 3 is 2.40 bits per heavy atom. The molecule has 1 saturated heterocycles. The second-order valence-electron chi connectivity index (χ2n) is 11.7. The molecular weight excluding hydrogens is 661 g/mol. The molecule has 1 aliphatic rings. The molecule has 14 heteroatoms. The first-order valence-electron chi connectivity index (χ1n) is 16.3. The maximum absolute atomic E-state index is 13.6. The number of aromatic nitrogens is 1. The highest BCUT2D eigenvalue weighted by Gasteiger charge is 2.35. The van der Waals surface area contributed by atoms with Crippen molar-refractivity contribution < 1.29 is 56.0 Å². The van der Waals surface area contributed by atoms with Gasteiger partial charge in [0.15, 0.2) is 17.2 Å². The number of nitrogens with one attached hydrogen (secondary N) is 1. The van der Waals surface area contributed by atoms with E-state index in [0.717, 1.165) is 11.1 Å². The zero-order chi connectivity index (χ0) is 36.1. The van der Waals surface area contributed by atoms with E-state index in [-0.39, 0.29) is 47.8 Å². The minimum Gasteiger partial charge on any atom is -0.493 e. The van der Waals surface area contributed by atoms with Gasteiger partial charge in [-0.25, -0.2) is 14.6 Å². The Kier molecular flexibility index (Phi) is 13.8. The summed E-state index contributed by atoms with van der Waals surface area (Å²) in [6.45, 7) is 3.03. The molecular formula is C36H41F3N2O9. The molecule has 4 rings (SSSR count). The summed E-state index contributed by atoms with van der Waals surface area (Å²) >= 11 is 0.